The number of hydrogen-bond acceptors (Lipinski definition) is 7. The minimum Gasteiger partial charge on any atom is -0.490 e. The topological polar surface area (TPSA) is 103 Å². The number of ether oxygens (including phenoxy) is 3. The number of anilines is 2. The molecule has 0 saturated carbocycles. The number of nitrogens with one attached hydrogen (secondary N) is 1. The van der Waals surface area contributed by atoms with Crippen LogP contribution in [0.15, 0.2) is 67.0 Å². The average molecular weight is 568 g/mol. The molecule has 3 aromatic carbocycles. The maximum absolute atomic E-state index is 12.4. The first kappa shape index (κ1) is 30.4. The quantitative estimate of drug-likeness (QED) is 0.134. The molecule has 8 nitrogen and oxygen atoms in total. The van der Waals surface area contributed by atoms with Crippen molar-refractivity contribution < 1.29 is 24.1 Å². The Morgan fingerprint density at radius 3 is 2.45 bits per heavy atom. The highest BCUT2D eigenvalue weighted by Crippen LogP contribution is 2.36. The molecule has 0 bridgehead atoms. The number of rotatable bonds is 14. The lowest BCUT2D eigenvalue weighted by Gasteiger charge is -2.26. The van der Waals surface area contributed by atoms with E-state index in [1.54, 1.807) is 20.1 Å². The fourth-order valence-electron chi connectivity index (χ4n) is 4.67. The van der Waals surface area contributed by atoms with Crippen LogP contribution in [0.25, 0.3) is 10.9 Å². The van der Waals surface area contributed by atoms with E-state index in [0.717, 1.165) is 28.6 Å². The summed E-state index contributed by atoms with van der Waals surface area (Å²) in [4.78, 5) is 21.3. The van der Waals surface area contributed by atoms with Crippen molar-refractivity contribution in [1.82, 2.24) is 9.97 Å². The van der Waals surface area contributed by atoms with Crippen molar-refractivity contribution in [1.29, 1.82) is 0 Å². The third kappa shape index (κ3) is 7.36. The Kier molecular flexibility index (Phi) is 10.00. The van der Waals surface area contributed by atoms with E-state index in [0.29, 0.717) is 42.0 Å². The van der Waals surface area contributed by atoms with Crippen LogP contribution in [0.1, 0.15) is 43.9 Å². The largest absolute Gasteiger partial charge is 0.490 e. The summed E-state index contributed by atoms with van der Waals surface area (Å²) in [6.45, 7) is 6.89. The van der Waals surface area contributed by atoms with Crippen molar-refractivity contribution in [3.8, 4) is 23.8 Å². The zero-order valence-electron chi connectivity index (χ0n) is 24.5. The first-order valence-electron chi connectivity index (χ1n) is 13.9. The molecule has 218 valence electrons. The van der Waals surface area contributed by atoms with Gasteiger partial charge in [0.1, 0.15) is 18.8 Å². The van der Waals surface area contributed by atoms with Crippen LogP contribution < -0.4 is 14.8 Å². The van der Waals surface area contributed by atoms with Crippen LogP contribution in [0.5, 0.6) is 11.5 Å². The van der Waals surface area contributed by atoms with Crippen molar-refractivity contribution in [2.75, 3.05) is 32.2 Å². The smallest absolute Gasteiger partial charge is 0.313 e. The maximum atomic E-state index is 12.4. The van der Waals surface area contributed by atoms with E-state index in [2.05, 4.69) is 35.1 Å². The monoisotopic (exact) mass is 567 g/mol. The SMILES string of the molecule is C#Cc1cccc(Nc2ncnc3cc(OCCC(C)(C(=O)O)c4ccc(CC(C)C)cc4)c(OCCOC)cc23)c1. The van der Waals surface area contributed by atoms with Crippen LogP contribution in [-0.2, 0) is 21.4 Å². The summed E-state index contributed by atoms with van der Waals surface area (Å²) < 4.78 is 17.3. The molecule has 1 unspecified atom stereocenters. The van der Waals surface area contributed by atoms with Gasteiger partial charge in [-0.25, -0.2) is 9.97 Å². The molecule has 0 fully saturated rings. The first-order chi connectivity index (χ1) is 20.2. The van der Waals surface area contributed by atoms with Crippen LogP contribution >= 0.6 is 0 Å². The van der Waals surface area contributed by atoms with Gasteiger partial charge in [-0.1, -0.05) is 50.1 Å². The van der Waals surface area contributed by atoms with Gasteiger partial charge >= 0.3 is 5.97 Å². The van der Waals surface area contributed by atoms with Gasteiger partial charge in [-0.05, 0) is 54.7 Å². The summed E-state index contributed by atoms with van der Waals surface area (Å²) in [7, 11) is 1.60. The number of nitrogens with zero attached hydrogens (tertiary/aromatic N) is 2. The number of aliphatic carboxylic acids is 1. The zero-order valence-corrected chi connectivity index (χ0v) is 24.5. The standard InChI is InChI=1S/C34H37N3O5/c1-6-24-8-7-9-27(19-24)37-32-28-20-30(42-17-16-40-5)31(21-29(28)35-22-36-32)41-15-14-34(4,33(38)39)26-12-10-25(11-13-26)18-23(2)3/h1,7-13,19-23H,14-18H2,2-5H3,(H,38,39)(H,35,36,37). The molecular weight excluding hydrogens is 530 g/mol. The predicted molar refractivity (Wildman–Crippen MR) is 165 cm³/mol. The first-order valence-corrected chi connectivity index (χ1v) is 13.9. The zero-order chi connectivity index (χ0) is 30.1. The van der Waals surface area contributed by atoms with Gasteiger partial charge in [0.25, 0.3) is 0 Å². The van der Waals surface area contributed by atoms with Gasteiger partial charge in [0, 0.05) is 36.2 Å². The molecule has 0 aliphatic heterocycles. The van der Waals surface area contributed by atoms with Crippen molar-refractivity contribution in [3.63, 3.8) is 0 Å². The Morgan fingerprint density at radius 2 is 1.76 bits per heavy atom. The number of aromatic nitrogens is 2. The molecule has 0 spiro atoms. The van der Waals surface area contributed by atoms with Gasteiger partial charge in [-0.2, -0.15) is 0 Å². The lowest BCUT2D eigenvalue weighted by molar-refractivity contribution is -0.143. The summed E-state index contributed by atoms with van der Waals surface area (Å²) in [6.07, 6.45) is 8.22. The van der Waals surface area contributed by atoms with Gasteiger partial charge in [0.05, 0.1) is 24.1 Å². The third-order valence-electron chi connectivity index (χ3n) is 7.10. The minimum atomic E-state index is -1.13. The highest BCUT2D eigenvalue weighted by Gasteiger charge is 2.35. The van der Waals surface area contributed by atoms with Gasteiger partial charge in [-0.3, -0.25) is 4.79 Å². The summed E-state index contributed by atoms with van der Waals surface area (Å²) in [6, 6.07) is 18.9. The molecule has 0 aliphatic carbocycles. The number of hydrogen-bond donors (Lipinski definition) is 2. The molecule has 1 atom stereocenters. The Labute approximate surface area is 247 Å². The highest BCUT2D eigenvalue weighted by atomic mass is 16.5. The maximum Gasteiger partial charge on any atom is 0.313 e. The van der Waals surface area contributed by atoms with Crippen LogP contribution in [-0.4, -0.2) is 48.0 Å². The molecule has 0 aliphatic rings. The molecule has 8 heteroatoms. The molecule has 0 radical (unpaired) electrons. The van der Waals surface area contributed by atoms with E-state index in [9.17, 15) is 9.90 Å². The Hall–Kier alpha value is -4.61. The van der Waals surface area contributed by atoms with Crippen molar-refractivity contribution in [2.24, 2.45) is 5.92 Å². The van der Waals surface area contributed by atoms with Crippen LogP contribution in [0.3, 0.4) is 0 Å². The van der Waals surface area contributed by atoms with E-state index in [1.165, 1.54) is 11.9 Å². The Balaban J connectivity index is 1.59. The predicted octanol–water partition coefficient (Wildman–Crippen LogP) is 6.39. The average Bonchev–Trinajstić information content (AvgIpc) is 2.97. The number of carboxylic acid groups (broad SMARTS) is 1. The van der Waals surface area contributed by atoms with Crippen molar-refractivity contribution in [2.45, 2.75) is 39.0 Å². The summed E-state index contributed by atoms with van der Waals surface area (Å²) in [5, 5.41) is 14.2. The number of carbonyl (C=O) groups is 1. The van der Waals surface area contributed by atoms with E-state index in [-0.39, 0.29) is 13.0 Å². The third-order valence-corrected chi connectivity index (χ3v) is 7.10. The summed E-state index contributed by atoms with van der Waals surface area (Å²) >= 11 is 0. The lowest BCUT2D eigenvalue weighted by Crippen LogP contribution is -2.34. The van der Waals surface area contributed by atoms with Crippen LogP contribution in [0, 0.1) is 18.3 Å². The second-order valence-electron chi connectivity index (χ2n) is 10.8. The molecule has 0 amide bonds. The number of carboxylic acids is 1. The Bertz CT molecular complexity index is 1560. The number of fused-ring (bicyclic) bond motifs is 1. The lowest BCUT2D eigenvalue weighted by atomic mass is 9.79. The van der Waals surface area contributed by atoms with Gasteiger partial charge < -0.3 is 24.6 Å². The second kappa shape index (κ2) is 13.8. The van der Waals surface area contributed by atoms with E-state index < -0.39 is 11.4 Å². The van der Waals surface area contributed by atoms with Crippen molar-refractivity contribution in [3.05, 3.63) is 83.7 Å². The van der Waals surface area contributed by atoms with E-state index >= 15 is 0 Å². The fraction of sp³-hybridized carbons (Fsp3) is 0.324. The van der Waals surface area contributed by atoms with Gasteiger partial charge in [-0.15, -0.1) is 6.42 Å². The molecule has 1 heterocycles. The summed E-state index contributed by atoms with van der Waals surface area (Å²) in [5.74, 6) is 3.76. The molecule has 0 saturated heterocycles. The molecule has 1 aromatic heterocycles. The van der Waals surface area contributed by atoms with Crippen LogP contribution in [0.2, 0.25) is 0 Å². The number of terminal acetylenes is 1. The van der Waals surface area contributed by atoms with Gasteiger partial charge in [0.15, 0.2) is 11.5 Å². The number of methoxy groups -OCH3 is 1. The van der Waals surface area contributed by atoms with E-state index in [4.69, 9.17) is 20.6 Å². The number of benzene rings is 3. The Morgan fingerprint density at radius 1 is 1.02 bits per heavy atom. The normalized spacial score (nSPS) is 12.5. The fourth-order valence-corrected chi connectivity index (χ4v) is 4.67. The highest BCUT2D eigenvalue weighted by molar-refractivity contribution is 5.93. The second-order valence-corrected chi connectivity index (χ2v) is 10.8. The van der Waals surface area contributed by atoms with E-state index in [1.807, 2.05) is 54.6 Å². The van der Waals surface area contributed by atoms with Crippen molar-refractivity contribution >= 4 is 28.4 Å². The van der Waals surface area contributed by atoms with Crippen LogP contribution in [0.4, 0.5) is 11.5 Å². The summed E-state index contributed by atoms with van der Waals surface area (Å²) in [5.41, 5.74) is 2.97. The molecule has 4 rings (SSSR count). The molecular formula is C34H37N3O5. The molecule has 2 N–H and O–H groups in total. The molecule has 42 heavy (non-hydrogen) atoms. The minimum absolute atomic E-state index is 0.151. The molecule has 4 aromatic rings. The van der Waals surface area contributed by atoms with Gasteiger partial charge in [0.2, 0.25) is 0 Å².